The second kappa shape index (κ2) is 6.09. The molecule has 5 nitrogen and oxygen atoms in total. The molecule has 1 aromatic carbocycles. The summed E-state index contributed by atoms with van der Waals surface area (Å²) in [6.45, 7) is 1.63. The normalized spacial score (nSPS) is 10.9. The molecule has 0 spiro atoms. The van der Waals surface area contributed by atoms with Crippen LogP contribution in [0.5, 0.6) is 0 Å². The summed E-state index contributed by atoms with van der Waals surface area (Å²) < 4.78 is 33.2. The number of ether oxygens (including phenoxy) is 1. The van der Waals surface area contributed by atoms with E-state index in [0.29, 0.717) is 5.69 Å². The first-order valence-corrected chi connectivity index (χ1v) is 7.16. The quantitative estimate of drug-likeness (QED) is 0.521. The highest BCUT2D eigenvalue weighted by Crippen LogP contribution is 2.29. The number of hydrogen-bond acceptors (Lipinski definition) is 5. The van der Waals surface area contributed by atoms with E-state index in [9.17, 15) is 13.6 Å². The van der Waals surface area contributed by atoms with Crippen LogP contribution in [0.2, 0.25) is 5.28 Å². The molecule has 3 rings (SSSR count). The Labute approximate surface area is 140 Å². The summed E-state index contributed by atoms with van der Waals surface area (Å²) in [6, 6.07) is 3.97. The smallest absolute Gasteiger partial charge is 0.338 e. The van der Waals surface area contributed by atoms with Gasteiger partial charge in [-0.1, -0.05) is 0 Å². The Bertz CT molecular complexity index is 979. The van der Waals surface area contributed by atoms with Gasteiger partial charge in [-0.15, -0.1) is 0 Å². The number of halogens is 3. The summed E-state index contributed by atoms with van der Waals surface area (Å²) >= 11 is 5.68. The fourth-order valence-corrected chi connectivity index (χ4v) is 2.51. The first kappa shape index (κ1) is 16.2. The molecule has 0 aliphatic rings. The Hall–Kier alpha value is -2.67. The number of fused-ring (bicyclic) bond motifs is 1. The van der Waals surface area contributed by atoms with E-state index >= 15 is 0 Å². The van der Waals surface area contributed by atoms with E-state index in [2.05, 4.69) is 15.0 Å². The highest BCUT2D eigenvalue weighted by molar-refractivity contribution is 6.28. The molecule has 0 aliphatic heterocycles. The van der Waals surface area contributed by atoms with Gasteiger partial charge in [-0.05, 0) is 36.7 Å². The van der Waals surface area contributed by atoms with Crippen LogP contribution in [0.1, 0.15) is 16.1 Å². The molecular weight excluding hydrogens is 340 g/mol. The van der Waals surface area contributed by atoms with E-state index in [4.69, 9.17) is 16.3 Å². The fraction of sp³-hybridized carbons (Fsp3) is 0.125. The summed E-state index contributed by atoms with van der Waals surface area (Å²) in [4.78, 5) is 23.4. The maximum atomic E-state index is 14.5. The van der Waals surface area contributed by atoms with Crippen LogP contribution >= 0.6 is 11.6 Å². The molecule has 24 heavy (non-hydrogen) atoms. The van der Waals surface area contributed by atoms with Crippen molar-refractivity contribution >= 4 is 28.5 Å². The summed E-state index contributed by atoms with van der Waals surface area (Å²) in [5, 5.41) is 0.0127. The monoisotopic (exact) mass is 349 g/mol. The van der Waals surface area contributed by atoms with Crippen LogP contribution in [-0.2, 0) is 4.74 Å². The van der Waals surface area contributed by atoms with E-state index in [1.807, 2.05) is 0 Å². The number of methoxy groups -OCH3 is 1. The third-order valence-corrected chi connectivity index (χ3v) is 3.57. The topological polar surface area (TPSA) is 65.0 Å². The lowest BCUT2D eigenvalue weighted by atomic mass is 10.0. The highest BCUT2D eigenvalue weighted by Gasteiger charge is 2.18. The molecule has 0 unspecified atom stereocenters. The number of carbonyl (C=O) groups excluding carboxylic acids is 1. The predicted molar refractivity (Wildman–Crippen MR) is 83.8 cm³/mol. The number of aryl methyl sites for hydroxylation is 1. The number of pyridine rings is 1. The van der Waals surface area contributed by atoms with E-state index < -0.39 is 17.6 Å². The fourth-order valence-electron chi connectivity index (χ4n) is 2.38. The van der Waals surface area contributed by atoms with Gasteiger partial charge in [0.25, 0.3) is 0 Å². The van der Waals surface area contributed by atoms with E-state index in [1.54, 1.807) is 6.92 Å². The van der Waals surface area contributed by atoms with Crippen molar-refractivity contribution in [2.24, 2.45) is 0 Å². The van der Waals surface area contributed by atoms with Crippen molar-refractivity contribution in [1.82, 2.24) is 15.0 Å². The van der Waals surface area contributed by atoms with E-state index in [1.165, 1.54) is 19.2 Å². The molecule has 2 aromatic heterocycles. The number of aromatic nitrogens is 3. The molecule has 0 saturated heterocycles. The number of benzene rings is 1. The zero-order valence-electron chi connectivity index (χ0n) is 12.6. The first-order valence-electron chi connectivity index (χ1n) is 6.78. The Morgan fingerprint density at radius 3 is 2.62 bits per heavy atom. The maximum absolute atomic E-state index is 14.5. The average Bonchev–Trinajstić information content (AvgIpc) is 2.56. The summed E-state index contributed by atoms with van der Waals surface area (Å²) in [5.74, 6) is -2.13. The van der Waals surface area contributed by atoms with Gasteiger partial charge in [-0.25, -0.2) is 28.5 Å². The van der Waals surface area contributed by atoms with Gasteiger partial charge >= 0.3 is 5.97 Å². The molecule has 3 aromatic rings. The first-order chi connectivity index (χ1) is 11.4. The van der Waals surface area contributed by atoms with E-state index in [-0.39, 0.29) is 33.0 Å². The van der Waals surface area contributed by atoms with E-state index in [0.717, 1.165) is 12.3 Å². The van der Waals surface area contributed by atoms with Gasteiger partial charge in [-0.3, -0.25) is 0 Å². The van der Waals surface area contributed by atoms with Crippen LogP contribution < -0.4 is 0 Å². The molecule has 0 amide bonds. The van der Waals surface area contributed by atoms with Crippen LogP contribution in [0, 0.1) is 18.6 Å². The van der Waals surface area contributed by atoms with Crippen molar-refractivity contribution < 1.29 is 18.3 Å². The Kier molecular flexibility index (Phi) is 4.11. The zero-order valence-corrected chi connectivity index (χ0v) is 13.4. The maximum Gasteiger partial charge on any atom is 0.338 e. The third kappa shape index (κ3) is 2.78. The van der Waals surface area contributed by atoms with Gasteiger partial charge in [0.2, 0.25) is 5.28 Å². The molecule has 0 atom stereocenters. The van der Waals surface area contributed by atoms with Crippen molar-refractivity contribution in [1.29, 1.82) is 0 Å². The lowest BCUT2D eigenvalue weighted by Gasteiger charge is -2.10. The summed E-state index contributed by atoms with van der Waals surface area (Å²) in [7, 11) is 1.22. The molecule has 0 aliphatic carbocycles. The molecule has 0 radical (unpaired) electrons. The summed E-state index contributed by atoms with van der Waals surface area (Å²) in [6.07, 6.45) is 0.890. The van der Waals surface area contributed by atoms with Crippen molar-refractivity contribution in [3.8, 4) is 11.3 Å². The second-order valence-electron chi connectivity index (χ2n) is 4.99. The molecule has 2 heterocycles. The lowest BCUT2D eigenvalue weighted by molar-refractivity contribution is 0.0603. The molecule has 0 fully saturated rings. The molecule has 0 N–H and O–H groups in total. The Morgan fingerprint density at radius 2 is 1.92 bits per heavy atom. The third-order valence-electron chi connectivity index (χ3n) is 3.39. The second-order valence-corrected chi connectivity index (χ2v) is 5.33. The van der Waals surface area contributed by atoms with Crippen molar-refractivity contribution in [3.05, 3.63) is 52.6 Å². The standard InChI is InChI=1S/C16H10ClF2N3O2/c1-7-3-10(15(23)24-2)9-4-8(5-11(18)14(9)21-7)13-12(19)6-20-16(17)22-13/h3-6H,1-2H3. The van der Waals surface area contributed by atoms with Crippen LogP contribution in [0.3, 0.4) is 0 Å². The SMILES string of the molecule is COC(=O)c1cc(C)nc2c(F)cc(-c3nc(Cl)ncc3F)cc12. The number of rotatable bonds is 2. The largest absolute Gasteiger partial charge is 0.465 e. The minimum Gasteiger partial charge on any atom is -0.465 e. The van der Waals surface area contributed by atoms with Crippen molar-refractivity contribution in [2.45, 2.75) is 6.92 Å². The van der Waals surface area contributed by atoms with Crippen LogP contribution in [-0.4, -0.2) is 28.0 Å². The molecule has 8 heteroatoms. The predicted octanol–water partition coefficient (Wildman–Crippen LogP) is 3.72. The minimum atomic E-state index is -0.766. The van der Waals surface area contributed by atoms with Crippen molar-refractivity contribution in [3.63, 3.8) is 0 Å². The van der Waals surface area contributed by atoms with Crippen LogP contribution in [0.25, 0.3) is 22.2 Å². The number of carbonyl (C=O) groups is 1. The van der Waals surface area contributed by atoms with Crippen molar-refractivity contribution in [2.75, 3.05) is 7.11 Å². The van der Waals surface area contributed by atoms with Gasteiger partial charge in [0, 0.05) is 16.6 Å². The molecular formula is C16H10ClF2N3O2. The summed E-state index contributed by atoms with van der Waals surface area (Å²) in [5.41, 5.74) is 0.497. The van der Waals surface area contributed by atoms with Gasteiger partial charge in [0.1, 0.15) is 17.0 Å². The molecule has 0 bridgehead atoms. The van der Waals surface area contributed by atoms with Crippen LogP contribution in [0.15, 0.2) is 24.4 Å². The lowest BCUT2D eigenvalue weighted by Crippen LogP contribution is -2.05. The minimum absolute atomic E-state index is 0.0142. The molecule has 122 valence electrons. The number of hydrogen-bond donors (Lipinski definition) is 0. The highest BCUT2D eigenvalue weighted by atomic mass is 35.5. The zero-order chi connectivity index (χ0) is 17.4. The van der Waals surface area contributed by atoms with Gasteiger partial charge < -0.3 is 4.74 Å². The number of nitrogens with zero attached hydrogens (tertiary/aromatic N) is 3. The molecule has 0 saturated carbocycles. The van der Waals surface area contributed by atoms with Gasteiger partial charge in [0.15, 0.2) is 5.82 Å². The number of esters is 1. The van der Waals surface area contributed by atoms with Crippen LogP contribution in [0.4, 0.5) is 8.78 Å². The Morgan fingerprint density at radius 1 is 1.17 bits per heavy atom. The average molecular weight is 350 g/mol. The van der Waals surface area contributed by atoms with Gasteiger partial charge in [-0.2, -0.15) is 0 Å². The Balaban J connectivity index is 2.35. The van der Waals surface area contributed by atoms with Gasteiger partial charge in [0.05, 0.1) is 18.9 Å².